The summed E-state index contributed by atoms with van der Waals surface area (Å²) in [7, 11) is 0. The van der Waals surface area contributed by atoms with E-state index in [0.717, 1.165) is 6.42 Å². The van der Waals surface area contributed by atoms with Gasteiger partial charge in [0.1, 0.15) is 5.56 Å². The van der Waals surface area contributed by atoms with Crippen LogP contribution in [0.5, 0.6) is 0 Å². The molecule has 0 saturated heterocycles. The van der Waals surface area contributed by atoms with Crippen molar-refractivity contribution in [3.8, 4) is 0 Å². The Balaban J connectivity index is 2.30. The molecule has 3 rings (SSSR count). The molecule has 2 N–H and O–H groups in total. The van der Waals surface area contributed by atoms with Crippen molar-refractivity contribution >= 4 is 39.8 Å². The van der Waals surface area contributed by atoms with Gasteiger partial charge in [0.15, 0.2) is 0 Å². The minimum absolute atomic E-state index is 0.262. The Hall–Kier alpha value is -2.79. The molecule has 128 valence electrons. The molecule has 3 aromatic rings. The lowest BCUT2D eigenvalue weighted by Gasteiger charge is -2.17. The first-order valence-electron chi connectivity index (χ1n) is 7.94. The third-order valence-electron chi connectivity index (χ3n) is 3.95. The molecular weight excluding hydrogens is 340 g/mol. The molecule has 1 heterocycles. The fourth-order valence-corrected chi connectivity index (χ4v) is 2.98. The number of anilines is 2. The van der Waals surface area contributed by atoms with E-state index in [9.17, 15) is 14.7 Å². The van der Waals surface area contributed by atoms with Gasteiger partial charge in [0.2, 0.25) is 0 Å². The Labute approximate surface area is 149 Å². The molecule has 0 radical (unpaired) electrons. The maximum absolute atomic E-state index is 12.8. The van der Waals surface area contributed by atoms with E-state index >= 15 is 0 Å². The van der Waals surface area contributed by atoms with Crippen molar-refractivity contribution in [2.75, 3.05) is 5.32 Å². The Bertz CT molecular complexity index is 994. The summed E-state index contributed by atoms with van der Waals surface area (Å²) < 4.78 is 1.52. The number of aromatic carboxylic acids is 1. The Morgan fingerprint density at radius 3 is 2.48 bits per heavy atom. The van der Waals surface area contributed by atoms with Crippen LogP contribution >= 0.6 is 11.6 Å². The predicted octanol–water partition coefficient (Wildman–Crippen LogP) is 4.51. The van der Waals surface area contributed by atoms with Crippen molar-refractivity contribution in [2.24, 2.45) is 0 Å². The van der Waals surface area contributed by atoms with Gasteiger partial charge in [-0.1, -0.05) is 36.7 Å². The summed E-state index contributed by atoms with van der Waals surface area (Å²) >= 11 is 5.90. The third kappa shape index (κ3) is 3.23. The summed E-state index contributed by atoms with van der Waals surface area (Å²) in [6.07, 6.45) is 0.729. The molecule has 0 spiro atoms. The fourth-order valence-electron chi connectivity index (χ4n) is 2.86. The second-order valence-corrected chi connectivity index (χ2v) is 6.10. The Morgan fingerprint density at radius 1 is 1.16 bits per heavy atom. The largest absolute Gasteiger partial charge is 0.477 e. The second-order valence-electron chi connectivity index (χ2n) is 5.66. The van der Waals surface area contributed by atoms with Crippen molar-refractivity contribution in [3.05, 3.63) is 69.5 Å². The van der Waals surface area contributed by atoms with Crippen molar-refractivity contribution in [1.29, 1.82) is 0 Å². The molecule has 0 amide bonds. The lowest BCUT2D eigenvalue weighted by Crippen LogP contribution is -2.28. The summed E-state index contributed by atoms with van der Waals surface area (Å²) in [5.74, 6) is -1.25. The molecule has 0 fully saturated rings. The number of hydrogen-bond acceptors (Lipinski definition) is 3. The lowest BCUT2D eigenvalue weighted by atomic mass is 10.1. The van der Waals surface area contributed by atoms with Gasteiger partial charge in [-0.15, -0.1) is 0 Å². The molecule has 0 aliphatic rings. The van der Waals surface area contributed by atoms with Gasteiger partial charge in [0.05, 0.1) is 11.2 Å². The molecule has 5 nitrogen and oxygen atoms in total. The maximum atomic E-state index is 12.8. The molecule has 0 aliphatic carbocycles. The highest BCUT2D eigenvalue weighted by Crippen LogP contribution is 2.29. The number of halogens is 1. The zero-order valence-electron chi connectivity index (χ0n) is 13.6. The van der Waals surface area contributed by atoms with Crippen LogP contribution in [0.25, 0.3) is 10.9 Å². The molecule has 0 unspecified atom stereocenters. The number of rotatable bonds is 5. The average Bonchev–Trinajstić information content (AvgIpc) is 2.60. The molecule has 0 atom stereocenters. The van der Waals surface area contributed by atoms with Crippen LogP contribution in [-0.4, -0.2) is 15.6 Å². The summed E-state index contributed by atoms with van der Waals surface area (Å²) in [5.41, 5.74) is 0.884. The normalized spacial score (nSPS) is 10.8. The van der Waals surface area contributed by atoms with Crippen LogP contribution in [0, 0.1) is 0 Å². The molecule has 0 aliphatic heterocycles. The highest BCUT2D eigenvalue weighted by atomic mass is 35.5. The van der Waals surface area contributed by atoms with E-state index in [4.69, 9.17) is 11.6 Å². The predicted molar refractivity (Wildman–Crippen MR) is 100 cm³/mol. The number of aromatic nitrogens is 1. The van der Waals surface area contributed by atoms with E-state index < -0.39 is 11.5 Å². The number of pyridine rings is 1. The van der Waals surface area contributed by atoms with E-state index in [0.29, 0.717) is 33.8 Å². The van der Waals surface area contributed by atoms with Crippen LogP contribution in [0.4, 0.5) is 11.4 Å². The van der Waals surface area contributed by atoms with Gasteiger partial charge in [-0.3, -0.25) is 4.79 Å². The molecule has 0 bridgehead atoms. The Morgan fingerprint density at radius 2 is 1.84 bits per heavy atom. The first kappa shape index (κ1) is 17.0. The van der Waals surface area contributed by atoms with Gasteiger partial charge in [-0.2, -0.15) is 0 Å². The average molecular weight is 357 g/mol. The van der Waals surface area contributed by atoms with Crippen LogP contribution in [-0.2, 0) is 6.54 Å². The van der Waals surface area contributed by atoms with E-state index in [1.807, 2.05) is 31.2 Å². The smallest absolute Gasteiger partial charge is 0.343 e. The van der Waals surface area contributed by atoms with Gasteiger partial charge in [0.25, 0.3) is 5.56 Å². The van der Waals surface area contributed by atoms with Crippen molar-refractivity contribution < 1.29 is 9.90 Å². The van der Waals surface area contributed by atoms with Gasteiger partial charge >= 0.3 is 5.97 Å². The molecular formula is C19H17ClN2O3. The van der Waals surface area contributed by atoms with Crippen molar-refractivity contribution in [1.82, 2.24) is 4.57 Å². The number of benzene rings is 2. The first-order chi connectivity index (χ1) is 12.0. The number of carbonyl (C=O) groups is 1. The van der Waals surface area contributed by atoms with Crippen LogP contribution in [0.15, 0.2) is 53.3 Å². The number of fused-ring (bicyclic) bond motifs is 1. The summed E-state index contributed by atoms with van der Waals surface area (Å²) in [4.78, 5) is 24.6. The highest BCUT2D eigenvalue weighted by Gasteiger charge is 2.21. The van der Waals surface area contributed by atoms with Crippen molar-refractivity contribution in [3.63, 3.8) is 0 Å². The second kappa shape index (κ2) is 6.99. The summed E-state index contributed by atoms with van der Waals surface area (Å²) in [6, 6.07) is 14.2. The van der Waals surface area contributed by atoms with Crippen LogP contribution in [0.2, 0.25) is 5.02 Å². The molecule has 2 aromatic carbocycles. The van der Waals surface area contributed by atoms with Crippen LogP contribution in [0.1, 0.15) is 23.7 Å². The SMILES string of the molecule is CCCn1c(=O)c(C(=O)O)c(Nc2ccc(Cl)cc2)c2ccccc21. The van der Waals surface area contributed by atoms with Gasteiger partial charge in [-0.05, 0) is 36.8 Å². The Kier molecular flexibility index (Phi) is 4.76. The zero-order valence-corrected chi connectivity index (χ0v) is 14.4. The number of para-hydroxylation sites is 1. The van der Waals surface area contributed by atoms with Crippen LogP contribution in [0.3, 0.4) is 0 Å². The van der Waals surface area contributed by atoms with E-state index in [2.05, 4.69) is 5.32 Å². The molecule has 1 aromatic heterocycles. The van der Waals surface area contributed by atoms with E-state index in [-0.39, 0.29) is 5.56 Å². The quantitative estimate of drug-likeness (QED) is 0.705. The highest BCUT2D eigenvalue weighted by molar-refractivity contribution is 6.30. The van der Waals surface area contributed by atoms with Gasteiger partial charge < -0.3 is 15.0 Å². The number of aryl methyl sites for hydroxylation is 1. The van der Waals surface area contributed by atoms with Gasteiger partial charge in [0, 0.05) is 22.6 Å². The number of nitrogens with zero attached hydrogens (tertiary/aromatic N) is 1. The van der Waals surface area contributed by atoms with Gasteiger partial charge in [-0.25, -0.2) is 4.79 Å². The number of carboxylic acid groups (broad SMARTS) is 1. The lowest BCUT2D eigenvalue weighted by molar-refractivity contribution is 0.0695. The zero-order chi connectivity index (χ0) is 18.0. The molecule has 25 heavy (non-hydrogen) atoms. The molecule has 6 heteroatoms. The monoisotopic (exact) mass is 356 g/mol. The first-order valence-corrected chi connectivity index (χ1v) is 8.32. The number of carboxylic acids is 1. The molecule has 0 saturated carbocycles. The summed E-state index contributed by atoms with van der Waals surface area (Å²) in [5, 5.41) is 14.0. The minimum atomic E-state index is -1.25. The number of hydrogen-bond donors (Lipinski definition) is 2. The standard InChI is InChI=1S/C19H17ClN2O3/c1-2-11-22-15-6-4-3-5-14(15)17(16(18(22)23)19(24)25)21-13-9-7-12(20)8-10-13/h3-10,21H,2,11H2,1H3,(H,24,25). The van der Waals surface area contributed by atoms with Crippen molar-refractivity contribution in [2.45, 2.75) is 19.9 Å². The van der Waals surface area contributed by atoms with Crippen LogP contribution < -0.4 is 10.9 Å². The fraction of sp³-hybridized carbons (Fsp3) is 0.158. The third-order valence-corrected chi connectivity index (χ3v) is 4.20. The van der Waals surface area contributed by atoms with E-state index in [1.54, 1.807) is 24.3 Å². The van der Waals surface area contributed by atoms with E-state index in [1.165, 1.54) is 4.57 Å². The number of nitrogens with one attached hydrogen (secondary N) is 1. The minimum Gasteiger partial charge on any atom is -0.477 e. The summed E-state index contributed by atoms with van der Waals surface area (Å²) in [6.45, 7) is 2.41. The maximum Gasteiger partial charge on any atom is 0.343 e. The topological polar surface area (TPSA) is 71.3 Å².